The molecule has 0 radical (unpaired) electrons. The van der Waals surface area contributed by atoms with E-state index in [2.05, 4.69) is 33.5 Å². The van der Waals surface area contributed by atoms with Crippen molar-refractivity contribution in [1.29, 1.82) is 0 Å². The Morgan fingerprint density at radius 2 is 2.29 bits per heavy atom. The summed E-state index contributed by atoms with van der Waals surface area (Å²) >= 11 is 1.67. The van der Waals surface area contributed by atoms with Crippen LogP contribution in [0.4, 0.5) is 0 Å². The van der Waals surface area contributed by atoms with Crippen molar-refractivity contribution in [3.63, 3.8) is 0 Å². The Morgan fingerprint density at radius 3 is 3.00 bits per heavy atom. The average molecular weight is 252 g/mol. The Labute approximate surface area is 107 Å². The number of piperidine rings is 1. The number of aromatic nitrogens is 2. The smallest absolute Gasteiger partial charge is 0.119 e. The van der Waals surface area contributed by atoms with Crippen molar-refractivity contribution in [2.75, 3.05) is 26.4 Å². The summed E-state index contributed by atoms with van der Waals surface area (Å²) in [5.74, 6) is 0. The monoisotopic (exact) mass is 252 g/mol. The highest BCUT2D eigenvalue weighted by Crippen LogP contribution is 2.18. The van der Waals surface area contributed by atoms with E-state index >= 15 is 0 Å². The lowest BCUT2D eigenvalue weighted by Gasteiger charge is -2.31. The molecule has 1 aliphatic heterocycles. The first kappa shape index (κ1) is 12.8. The summed E-state index contributed by atoms with van der Waals surface area (Å²) in [5, 5.41) is 4.49. The Balaban J connectivity index is 1.99. The van der Waals surface area contributed by atoms with Crippen LogP contribution in [0.2, 0.25) is 0 Å². The highest BCUT2D eigenvalue weighted by molar-refractivity contribution is 7.98. The number of hydrogen-bond donors (Lipinski definition) is 1. The van der Waals surface area contributed by atoms with Gasteiger partial charge in [-0.3, -0.25) is 9.88 Å². The maximum atomic E-state index is 4.44. The van der Waals surface area contributed by atoms with E-state index in [1.54, 1.807) is 24.2 Å². The van der Waals surface area contributed by atoms with Crippen molar-refractivity contribution < 1.29 is 0 Å². The minimum atomic E-state index is 0.625. The van der Waals surface area contributed by atoms with Gasteiger partial charge >= 0.3 is 0 Å². The third-order valence-corrected chi connectivity index (χ3v) is 3.95. The lowest BCUT2D eigenvalue weighted by atomic mass is 10.1. The topological polar surface area (TPSA) is 41.1 Å². The van der Waals surface area contributed by atoms with E-state index in [9.17, 15) is 0 Å². The van der Waals surface area contributed by atoms with Gasteiger partial charge in [0, 0.05) is 31.5 Å². The second-order valence-corrected chi connectivity index (χ2v) is 5.22. The molecule has 1 aromatic heterocycles. The van der Waals surface area contributed by atoms with Crippen molar-refractivity contribution in [2.45, 2.75) is 30.5 Å². The molecule has 1 saturated heterocycles. The molecule has 1 aliphatic rings. The summed E-state index contributed by atoms with van der Waals surface area (Å²) in [4.78, 5) is 11.2. The molecule has 1 aromatic rings. The predicted octanol–water partition coefficient (Wildman–Crippen LogP) is 1.38. The fraction of sp³-hybridized carbons (Fsp3) is 0.667. The average Bonchev–Trinajstić information content (AvgIpc) is 2.40. The summed E-state index contributed by atoms with van der Waals surface area (Å²) in [6.45, 7) is 3.13. The molecule has 4 nitrogen and oxygen atoms in total. The molecule has 0 bridgehead atoms. The maximum Gasteiger partial charge on any atom is 0.119 e. The Morgan fingerprint density at radius 1 is 1.47 bits per heavy atom. The standard InChI is InChI=1S/C12H20N4S/c1-16(10-4-3-5-13-8-10)9-11-12(17-2)15-7-6-14-11/h6-7,10,13H,3-5,8-9H2,1-2H3/t10-/m0/s1. The zero-order chi connectivity index (χ0) is 12.1. The predicted molar refractivity (Wildman–Crippen MR) is 71.2 cm³/mol. The molecular weight excluding hydrogens is 232 g/mol. The number of hydrogen-bond acceptors (Lipinski definition) is 5. The molecule has 0 spiro atoms. The summed E-state index contributed by atoms with van der Waals surface area (Å²) < 4.78 is 0. The minimum Gasteiger partial charge on any atom is -0.315 e. The van der Waals surface area contributed by atoms with Crippen LogP contribution in [-0.2, 0) is 6.54 Å². The lowest BCUT2D eigenvalue weighted by Crippen LogP contribution is -2.43. The molecule has 2 heterocycles. The van der Waals surface area contributed by atoms with Crippen molar-refractivity contribution >= 4 is 11.8 Å². The van der Waals surface area contributed by atoms with Gasteiger partial charge in [0.25, 0.3) is 0 Å². The van der Waals surface area contributed by atoms with E-state index in [4.69, 9.17) is 0 Å². The zero-order valence-corrected chi connectivity index (χ0v) is 11.3. The van der Waals surface area contributed by atoms with E-state index in [0.717, 1.165) is 30.4 Å². The SMILES string of the molecule is CSc1nccnc1CN(C)[C@H]1CCCNC1. The molecule has 1 atom stereocenters. The first-order valence-corrected chi connectivity index (χ1v) is 7.28. The zero-order valence-electron chi connectivity index (χ0n) is 10.5. The van der Waals surface area contributed by atoms with Crippen LogP contribution in [0.5, 0.6) is 0 Å². The number of nitrogens with one attached hydrogen (secondary N) is 1. The molecule has 0 unspecified atom stereocenters. The molecule has 2 rings (SSSR count). The summed E-state index contributed by atoms with van der Waals surface area (Å²) in [6.07, 6.45) is 8.14. The highest BCUT2D eigenvalue weighted by Gasteiger charge is 2.19. The summed E-state index contributed by atoms with van der Waals surface area (Å²) in [7, 11) is 2.18. The first-order valence-electron chi connectivity index (χ1n) is 6.06. The van der Waals surface area contributed by atoms with Gasteiger partial charge in [-0.1, -0.05) is 0 Å². The van der Waals surface area contributed by atoms with Gasteiger partial charge in [0.05, 0.1) is 5.69 Å². The fourth-order valence-electron chi connectivity index (χ4n) is 2.21. The highest BCUT2D eigenvalue weighted by atomic mass is 32.2. The lowest BCUT2D eigenvalue weighted by molar-refractivity contribution is 0.192. The third kappa shape index (κ3) is 3.40. The van der Waals surface area contributed by atoms with Gasteiger partial charge in [-0.2, -0.15) is 0 Å². The molecule has 0 aliphatic carbocycles. The van der Waals surface area contributed by atoms with Gasteiger partial charge in [-0.05, 0) is 32.7 Å². The number of likely N-dealkylation sites (N-methyl/N-ethyl adjacent to an activating group) is 1. The van der Waals surface area contributed by atoms with Gasteiger partial charge in [0.15, 0.2) is 0 Å². The van der Waals surface area contributed by atoms with E-state index < -0.39 is 0 Å². The summed E-state index contributed by atoms with van der Waals surface area (Å²) in [5.41, 5.74) is 1.09. The van der Waals surface area contributed by atoms with Crippen molar-refractivity contribution in [3.8, 4) is 0 Å². The van der Waals surface area contributed by atoms with Crippen molar-refractivity contribution in [1.82, 2.24) is 20.2 Å². The van der Waals surface area contributed by atoms with Crippen LogP contribution in [0.25, 0.3) is 0 Å². The van der Waals surface area contributed by atoms with Gasteiger partial charge in [-0.25, -0.2) is 4.98 Å². The Hall–Kier alpha value is -0.650. The van der Waals surface area contributed by atoms with Gasteiger partial charge in [-0.15, -0.1) is 11.8 Å². The van der Waals surface area contributed by atoms with Crippen LogP contribution >= 0.6 is 11.8 Å². The quantitative estimate of drug-likeness (QED) is 0.820. The number of thioether (sulfide) groups is 1. The molecule has 1 fully saturated rings. The molecular formula is C12H20N4S. The Bertz CT molecular complexity index is 352. The largest absolute Gasteiger partial charge is 0.315 e. The fourth-order valence-corrected chi connectivity index (χ4v) is 2.73. The van der Waals surface area contributed by atoms with Crippen LogP contribution in [0.3, 0.4) is 0 Å². The molecule has 1 N–H and O–H groups in total. The minimum absolute atomic E-state index is 0.625. The Kier molecular flexibility index (Phi) is 4.76. The van der Waals surface area contributed by atoms with Crippen molar-refractivity contribution in [3.05, 3.63) is 18.1 Å². The molecule has 0 saturated carbocycles. The van der Waals surface area contributed by atoms with Crippen LogP contribution in [-0.4, -0.2) is 47.3 Å². The third-order valence-electron chi connectivity index (χ3n) is 3.22. The molecule has 0 amide bonds. The number of rotatable bonds is 4. The molecule has 0 aromatic carbocycles. The molecule has 94 valence electrons. The van der Waals surface area contributed by atoms with Gasteiger partial charge in [0.1, 0.15) is 5.03 Å². The normalized spacial score (nSPS) is 20.8. The maximum absolute atomic E-state index is 4.44. The van der Waals surface area contributed by atoms with Crippen LogP contribution in [0.15, 0.2) is 17.4 Å². The van der Waals surface area contributed by atoms with E-state index in [1.165, 1.54) is 12.8 Å². The van der Waals surface area contributed by atoms with E-state index in [0.29, 0.717) is 6.04 Å². The van der Waals surface area contributed by atoms with Gasteiger partial charge < -0.3 is 5.32 Å². The van der Waals surface area contributed by atoms with Crippen LogP contribution in [0, 0.1) is 0 Å². The number of nitrogens with zero attached hydrogens (tertiary/aromatic N) is 3. The van der Waals surface area contributed by atoms with E-state index in [-0.39, 0.29) is 0 Å². The van der Waals surface area contributed by atoms with E-state index in [1.807, 2.05) is 0 Å². The van der Waals surface area contributed by atoms with Crippen molar-refractivity contribution in [2.24, 2.45) is 0 Å². The second-order valence-electron chi connectivity index (χ2n) is 4.43. The second kappa shape index (κ2) is 6.33. The van der Waals surface area contributed by atoms with Gasteiger partial charge in [0.2, 0.25) is 0 Å². The molecule has 5 heteroatoms. The first-order chi connectivity index (χ1) is 8.31. The summed E-state index contributed by atoms with van der Waals surface area (Å²) in [6, 6.07) is 0.625. The van der Waals surface area contributed by atoms with Crippen LogP contribution in [0.1, 0.15) is 18.5 Å². The molecule has 17 heavy (non-hydrogen) atoms. The van der Waals surface area contributed by atoms with Crippen LogP contribution < -0.4 is 5.32 Å².